The Hall–Kier alpha value is -1.53. The number of anilines is 1. The smallest absolute Gasteiger partial charge is 0.321 e. The summed E-state index contributed by atoms with van der Waals surface area (Å²) in [5.74, 6) is 1.38. The van der Waals surface area contributed by atoms with E-state index in [0.717, 1.165) is 0 Å². The van der Waals surface area contributed by atoms with Crippen LogP contribution in [0.2, 0.25) is 0 Å². The van der Waals surface area contributed by atoms with Crippen LogP contribution in [0.25, 0.3) is 0 Å². The van der Waals surface area contributed by atoms with Gasteiger partial charge in [-0.25, -0.2) is 0 Å². The van der Waals surface area contributed by atoms with Crippen molar-refractivity contribution in [3.05, 3.63) is 35.7 Å². The summed E-state index contributed by atoms with van der Waals surface area (Å²) in [7, 11) is 1.65. The summed E-state index contributed by atoms with van der Waals surface area (Å²) in [6.45, 7) is 3.34. The Balaban J connectivity index is 1.83. The van der Waals surface area contributed by atoms with E-state index in [4.69, 9.17) is 9.26 Å². The standard InChI is InChI=1S/C13H17N3O2S/c1-10-4-3-5-11(8-10)19-9-12-15-13(18-16-12)14-6-7-17-2/h3-5,8H,6-7,9H2,1-2H3,(H,14,15,16). The maximum absolute atomic E-state index is 5.08. The van der Waals surface area contributed by atoms with Gasteiger partial charge in [-0.15, -0.1) is 11.8 Å². The number of aryl methyl sites for hydroxylation is 1. The predicted octanol–water partition coefficient (Wildman–Crippen LogP) is 2.73. The Morgan fingerprint density at radius 1 is 1.42 bits per heavy atom. The van der Waals surface area contributed by atoms with E-state index < -0.39 is 0 Å². The number of benzene rings is 1. The summed E-state index contributed by atoms with van der Waals surface area (Å²) < 4.78 is 10.0. The number of aromatic nitrogens is 2. The van der Waals surface area contributed by atoms with Crippen LogP contribution in [-0.2, 0) is 10.5 Å². The molecule has 0 fully saturated rings. The second-order valence-electron chi connectivity index (χ2n) is 4.04. The number of nitrogens with zero attached hydrogens (tertiary/aromatic N) is 2. The average molecular weight is 279 g/mol. The van der Waals surface area contributed by atoms with Gasteiger partial charge in [0, 0.05) is 18.6 Å². The number of thioether (sulfide) groups is 1. The molecule has 0 amide bonds. The van der Waals surface area contributed by atoms with Gasteiger partial charge in [0.2, 0.25) is 0 Å². The third-order valence-corrected chi connectivity index (χ3v) is 3.40. The first-order chi connectivity index (χ1) is 9.28. The molecular weight excluding hydrogens is 262 g/mol. The molecule has 1 aromatic carbocycles. The van der Waals surface area contributed by atoms with Crippen LogP contribution < -0.4 is 5.32 Å². The van der Waals surface area contributed by atoms with Gasteiger partial charge in [0.05, 0.1) is 12.4 Å². The Kier molecular flexibility index (Phi) is 5.23. The number of nitrogens with one attached hydrogen (secondary N) is 1. The van der Waals surface area contributed by atoms with Crippen LogP contribution in [0.5, 0.6) is 0 Å². The SMILES string of the molecule is COCCNc1nc(CSc2cccc(C)c2)no1. The highest BCUT2D eigenvalue weighted by molar-refractivity contribution is 7.98. The molecule has 1 aromatic heterocycles. The molecule has 1 heterocycles. The normalized spacial score (nSPS) is 10.6. The lowest BCUT2D eigenvalue weighted by Gasteiger charge is -1.99. The fourth-order valence-electron chi connectivity index (χ4n) is 1.50. The Morgan fingerprint density at radius 2 is 2.32 bits per heavy atom. The number of rotatable bonds is 7. The van der Waals surface area contributed by atoms with E-state index in [9.17, 15) is 0 Å². The molecule has 1 N–H and O–H groups in total. The van der Waals surface area contributed by atoms with E-state index in [1.54, 1.807) is 18.9 Å². The van der Waals surface area contributed by atoms with Crippen molar-refractivity contribution in [2.24, 2.45) is 0 Å². The topological polar surface area (TPSA) is 60.2 Å². The van der Waals surface area contributed by atoms with Gasteiger partial charge in [0.1, 0.15) is 0 Å². The number of hydrogen-bond donors (Lipinski definition) is 1. The molecule has 0 aliphatic carbocycles. The lowest BCUT2D eigenvalue weighted by molar-refractivity contribution is 0.210. The second kappa shape index (κ2) is 7.16. The van der Waals surface area contributed by atoms with E-state index in [-0.39, 0.29) is 0 Å². The fourth-order valence-corrected chi connectivity index (χ4v) is 2.35. The molecule has 0 aliphatic heterocycles. The van der Waals surface area contributed by atoms with Crippen LogP contribution in [-0.4, -0.2) is 30.4 Å². The van der Waals surface area contributed by atoms with Gasteiger partial charge in [0.15, 0.2) is 5.82 Å². The van der Waals surface area contributed by atoms with Crippen molar-refractivity contribution in [1.29, 1.82) is 0 Å². The summed E-state index contributed by atoms with van der Waals surface area (Å²) in [5, 5.41) is 6.92. The van der Waals surface area contributed by atoms with Crippen molar-refractivity contribution in [3.63, 3.8) is 0 Å². The van der Waals surface area contributed by atoms with Gasteiger partial charge < -0.3 is 14.6 Å². The third-order valence-electron chi connectivity index (χ3n) is 2.41. The minimum absolute atomic E-state index is 0.442. The van der Waals surface area contributed by atoms with E-state index in [1.807, 2.05) is 6.07 Å². The number of ether oxygens (including phenoxy) is 1. The van der Waals surface area contributed by atoms with Crippen molar-refractivity contribution in [1.82, 2.24) is 10.1 Å². The highest BCUT2D eigenvalue weighted by Crippen LogP contribution is 2.22. The van der Waals surface area contributed by atoms with Crippen molar-refractivity contribution in [2.75, 3.05) is 25.6 Å². The Bertz CT molecular complexity index is 516. The summed E-state index contributed by atoms with van der Waals surface area (Å²) in [4.78, 5) is 5.46. The molecule has 0 atom stereocenters. The molecule has 0 radical (unpaired) electrons. The van der Waals surface area contributed by atoms with Crippen LogP contribution in [0.15, 0.2) is 33.7 Å². The summed E-state index contributed by atoms with van der Waals surface area (Å²) in [5.41, 5.74) is 1.25. The van der Waals surface area contributed by atoms with Gasteiger partial charge in [-0.3, -0.25) is 0 Å². The zero-order valence-corrected chi connectivity index (χ0v) is 11.9. The molecule has 19 heavy (non-hydrogen) atoms. The van der Waals surface area contributed by atoms with Crippen molar-refractivity contribution < 1.29 is 9.26 Å². The van der Waals surface area contributed by atoms with Crippen molar-refractivity contribution in [3.8, 4) is 0 Å². The zero-order valence-electron chi connectivity index (χ0n) is 11.0. The molecule has 0 bridgehead atoms. The van der Waals surface area contributed by atoms with Crippen molar-refractivity contribution >= 4 is 17.8 Å². The first kappa shape index (κ1) is 13.9. The van der Waals surface area contributed by atoms with Crippen LogP contribution in [0.1, 0.15) is 11.4 Å². The van der Waals surface area contributed by atoms with Gasteiger partial charge in [-0.1, -0.05) is 22.9 Å². The molecule has 2 aromatic rings. The van der Waals surface area contributed by atoms with Gasteiger partial charge in [0.25, 0.3) is 0 Å². The zero-order chi connectivity index (χ0) is 13.5. The predicted molar refractivity (Wildman–Crippen MR) is 75.4 cm³/mol. The lowest BCUT2D eigenvalue weighted by Crippen LogP contribution is -2.07. The van der Waals surface area contributed by atoms with E-state index in [1.165, 1.54) is 10.5 Å². The molecular formula is C13H17N3O2S. The molecule has 0 unspecified atom stereocenters. The first-order valence-electron chi connectivity index (χ1n) is 6.03. The first-order valence-corrected chi connectivity index (χ1v) is 7.01. The average Bonchev–Trinajstić information content (AvgIpc) is 2.85. The third kappa shape index (κ3) is 4.57. The number of methoxy groups -OCH3 is 1. The van der Waals surface area contributed by atoms with Crippen LogP contribution in [0.4, 0.5) is 6.01 Å². The van der Waals surface area contributed by atoms with Crippen LogP contribution in [0, 0.1) is 6.92 Å². The van der Waals surface area contributed by atoms with E-state index >= 15 is 0 Å². The molecule has 102 valence electrons. The van der Waals surface area contributed by atoms with Gasteiger partial charge in [-0.05, 0) is 19.1 Å². The molecule has 0 aliphatic rings. The monoisotopic (exact) mass is 279 g/mol. The Morgan fingerprint density at radius 3 is 3.11 bits per heavy atom. The molecule has 5 nitrogen and oxygen atoms in total. The summed E-state index contributed by atoms with van der Waals surface area (Å²) in [6, 6.07) is 8.79. The van der Waals surface area contributed by atoms with Crippen LogP contribution in [0.3, 0.4) is 0 Å². The lowest BCUT2D eigenvalue weighted by atomic mass is 10.2. The second-order valence-corrected chi connectivity index (χ2v) is 5.09. The summed E-state index contributed by atoms with van der Waals surface area (Å²) in [6.07, 6.45) is 0. The van der Waals surface area contributed by atoms with Crippen LogP contribution >= 0.6 is 11.8 Å². The van der Waals surface area contributed by atoms with Gasteiger partial charge in [-0.2, -0.15) is 4.98 Å². The summed E-state index contributed by atoms with van der Waals surface area (Å²) >= 11 is 1.69. The highest BCUT2D eigenvalue weighted by Gasteiger charge is 2.06. The Labute approximate surface area is 116 Å². The minimum atomic E-state index is 0.442. The highest BCUT2D eigenvalue weighted by atomic mass is 32.2. The van der Waals surface area contributed by atoms with E-state index in [2.05, 4.69) is 40.6 Å². The number of hydrogen-bond acceptors (Lipinski definition) is 6. The molecule has 0 saturated heterocycles. The largest absolute Gasteiger partial charge is 0.383 e. The fraction of sp³-hybridized carbons (Fsp3) is 0.385. The maximum Gasteiger partial charge on any atom is 0.321 e. The molecule has 0 spiro atoms. The van der Waals surface area contributed by atoms with Gasteiger partial charge >= 0.3 is 6.01 Å². The maximum atomic E-state index is 5.08. The van der Waals surface area contributed by atoms with Crippen molar-refractivity contribution in [2.45, 2.75) is 17.6 Å². The minimum Gasteiger partial charge on any atom is -0.383 e. The molecule has 6 heteroatoms. The van der Waals surface area contributed by atoms with E-state index in [0.29, 0.717) is 30.7 Å². The molecule has 0 saturated carbocycles. The quantitative estimate of drug-likeness (QED) is 0.621. The molecule has 2 rings (SSSR count).